The number of hydrogen-bond acceptors (Lipinski definition) is 6. The number of halogens is 1. The Hall–Kier alpha value is -4.50. The van der Waals surface area contributed by atoms with Gasteiger partial charge in [-0.15, -0.1) is 0 Å². The molecule has 0 aliphatic heterocycles. The highest BCUT2D eigenvalue weighted by Crippen LogP contribution is 2.36. The summed E-state index contributed by atoms with van der Waals surface area (Å²) in [6.07, 6.45) is 0. The molecule has 1 heterocycles. The van der Waals surface area contributed by atoms with Crippen LogP contribution in [0.5, 0.6) is 0 Å². The van der Waals surface area contributed by atoms with Crippen LogP contribution in [0.1, 0.15) is 20.7 Å². The molecule has 8 nitrogen and oxygen atoms in total. The molecule has 0 aliphatic carbocycles. The Morgan fingerprint density at radius 3 is 2.33 bits per heavy atom. The van der Waals surface area contributed by atoms with Crippen molar-refractivity contribution in [2.24, 2.45) is 0 Å². The van der Waals surface area contributed by atoms with Gasteiger partial charge in [-0.05, 0) is 59.7 Å². The lowest BCUT2D eigenvalue weighted by atomic mass is 9.99. The van der Waals surface area contributed by atoms with Gasteiger partial charge in [0, 0.05) is 23.6 Å². The monoisotopic (exact) mass is 490 g/mol. The smallest absolute Gasteiger partial charge is 0.330 e. The van der Waals surface area contributed by atoms with Gasteiger partial charge in [0.1, 0.15) is 17.2 Å². The quantitative estimate of drug-likeness (QED) is 0.341. The Kier molecular flexibility index (Phi) is 7.12. The van der Waals surface area contributed by atoms with Crippen LogP contribution in [0, 0.1) is 5.82 Å². The first-order chi connectivity index (χ1) is 17.4. The lowest BCUT2D eigenvalue weighted by Crippen LogP contribution is -2.44. The first-order valence-corrected chi connectivity index (χ1v) is 11.0. The second kappa shape index (κ2) is 10.4. The fourth-order valence-corrected chi connectivity index (χ4v) is 3.84. The normalized spacial score (nSPS) is 11.7. The standard InChI is InChI=1S/C27H23FN2O6/c1-29-26(33)23-20-13-17(8-11-22(20)36-24(23)15-6-9-19(28)10-7-15)16-4-3-5-18(12-16)25(32)30-21(14-31)27(34)35-2/h3-13,21,31H,14H2,1-2H3,(H,29,33)(H,30,32). The number of ether oxygens (including phenoxy) is 1. The van der Waals surface area contributed by atoms with Crippen molar-refractivity contribution in [2.75, 3.05) is 20.8 Å². The maximum atomic E-state index is 13.4. The number of hydrogen-bond donors (Lipinski definition) is 3. The molecule has 0 bridgehead atoms. The van der Waals surface area contributed by atoms with Crippen molar-refractivity contribution in [1.29, 1.82) is 0 Å². The molecule has 0 radical (unpaired) electrons. The SMILES string of the molecule is CNC(=O)c1c(-c2ccc(F)cc2)oc2ccc(-c3cccc(C(=O)NC(CO)C(=O)OC)c3)cc12. The molecule has 0 fully saturated rings. The zero-order chi connectivity index (χ0) is 25.8. The highest BCUT2D eigenvalue weighted by Gasteiger charge is 2.23. The van der Waals surface area contributed by atoms with E-state index in [1.54, 1.807) is 42.5 Å². The fraction of sp³-hybridized carbons (Fsp3) is 0.148. The molecule has 4 rings (SSSR count). The second-order valence-corrected chi connectivity index (χ2v) is 7.92. The van der Waals surface area contributed by atoms with E-state index in [0.717, 1.165) is 0 Å². The Bertz CT molecular complexity index is 1440. The lowest BCUT2D eigenvalue weighted by Gasteiger charge is -2.14. The number of benzene rings is 3. The van der Waals surface area contributed by atoms with Gasteiger partial charge in [-0.25, -0.2) is 9.18 Å². The Balaban J connectivity index is 1.74. The van der Waals surface area contributed by atoms with Crippen molar-refractivity contribution in [2.45, 2.75) is 6.04 Å². The summed E-state index contributed by atoms with van der Waals surface area (Å²) >= 11 is 0. The average molecular weight is 490 g/mol. The molecule has 0 aliphatic rings. The van der Waals surface area contributed by atoms with Crippen LogP contribution in [0.3, 0.4) is 0 Å². The molecular formula is C27H23FN2O6. The van der Waals surface area contributed by atoms with Gasteiger partial charge in [-0.3, -0.25) is 9.59 Å². The Labute approximate surface area is 205 Å². The zero-order valence-corrected chi connectivity index (χ0v) is 19.5. The number of amides is 2. The van der Waals surface area contributed by atoms with Crippen LogP contribution in [-0.4, -0.2) is 49.7 Å². The first kappa shape index (κ1) is 24.6. The average Bonchev–Trinajstić information content (AvgIpc) is 3.30. The number of esters is 1. The van der Waals surface area contributed by atoms with Gasteiger partial charge in [0.25, 0.3) is 11.8 Å². The Morgan fingerprint density at radius 1 is 0.972 bits per heavy atom. The molecule has 0 saturated carbocycles. The predicted octanol–water partition coefficient (Wildman–Crippen LogP) is 3.53. The van der Waals surface area contributed by atoms with Crippen molar-refractivity contribution < 1.29 is 33.0 Å². The summed E-state index contributed by atoms with van der Waals surface area (Å²) in [5.41, 5.74) is 2.97. The highest BCUT2D eigenvalue weighted by molar-refractivity contribution is 6.12. The number of carbonyl (C=O) groups excluding carboxylic acids is 3. The van der Waals surface area contributed by atoms with Crippen molar-refractivity contribution >= 4 is 28.8 Å². The van der Waals surface area contributed by atoms with E-state index in [2.05, 4.69) is 15.4 Å². The molecule has 3 N–H and O–H groups in total. The van der Waals surface area contributed by atoms with Crippen molar-refractivity contribution in [3.05, 3.63) is 83.7 Å². The molecule has 36 heavy (non-hydrogen) atoms. The molecule has 2 amide bonds. The van der Waals surface area contributed by atoms with Crippen LogP contribution in [0.15, 0.2) is 71.1 Å². The third-order valence-electron chi connectivity index (χ3n) is 5.68. The maximum Gasteiger partial charge on any atom is 0.330 e. The molecule has 4 aromatic rings. The zero-order valence-electron chi connectivity index (χ0n) is 19.5. The molecule has 3 aromatic carbocycles. The van der Waals surface area contributed by atoms with E-state index in [1.165, 1.54) is 38.4 Å². The molecule has 0 saturated heterocycles. The van der Waals surface area contributed by atoms with Crippen molar-refractivity contribution in [3.8, 4) is 22.5 Å². The van der Waals surface area contributed by atoms with Crippen LogP contribution in [0.2, 0.25) is 0 Å². The summed E-state index contributed by atoms with van der Waals surface area (Å²) in [7, 11) is 2.67. The number of carbonyl (C=O) groups is 3. The van der Waals surface area contributed by atoms with E-state index in [0.29, 0.717) is 39.0 Å². The summed E-state index contributed by atoms with van der Waals surface area (Å²) in [5.74, 6) is -1.77. The van der Waals surface area contributed by atoms with E-state index >= 15 is 0 Å². The van der Waals surface area contributed by atoms with Crippen LogP contribution in [0.25, 0.3) is 33.4 Å². The minimum absolute atomic E-state index is 0.265. The predicted molar refractivity (Wildman–Crippen MR) is 131 cm³/mol. The van der Waals surface area contributed by atoms with Gasteiger partial charge in [-0.1, -0.05) is 18.2 Å². The van der Waals surface area contributed by atoms with Gasteiger partial charge in [-0.2, -0.15) is 0 Å². The maximum absolute atomic E-state index is 13.4. The van der Waals surface area contributed by atoms with Gasteiger partial charge < -0.3 is 24.9 Å². The molecule has 1 unspecified atom stereocenters. The number of furan rings is 1. The minimum atomic E-state index is -1.19. The Morgan fingerprint density at radius 2 is 1.67 bits per heavy atom. The first-order valence-electron chi connectivity index (χ1n) is 11.0. The minimum Gasteiger partial charge on any atom is -0.467 e. The number of rotatable bonds is 7. The second-order valence-electron chi connectivity index (χ2n) is 7.92. The summed E-state index contributed by atoms with van der Waals surface area (Å²) in [4.78, 5) is 37.2. The van der Waals surface area contributed by atoms with Crippen LogP contribution in [0.4, 0.5) is 4.39 Å². The molecule has 184 valence electrons. The molecule has 1 aromatic heterocycles. The summed E-state index contributed by atoms with van der Waals surface area (Å²) in [6.45, 7) is -0.603. The van der Waals surface area contributed by atoms with Crippen molar-refractivity contribution in [1.82, 2.24) is 10.6 Å². The summed E-state index contributed by atoms with van der Waals surface area (Å²) in [6, 6.07) is 16.4. The largest absolute Gasteiger partial charge is 0.467 e. The van der Waals surface area contributed by atoms with Crippen LogP contribution >= 0.6 is 0 Å². The molecule has 0 spiro atoms. The summed E-state index contributed by atoms with van der Waals surface area (Å²) < 4.78 is 24.0. The van der Waals surface area contributed by atoms with Gasteiger partial charge in [0.05, 0.1) is 19.3 Å². The van der Waals surface area contributed by atoms with E-state index in [4.69, 9.17) is 4.42 Å². The van der Waals surface area contributed by atoms with E-state index < -0.39 is 30.3 Å². The summed E-state index contributed by atoms with van der Waals surface area (Å²) in [5, 5.41) is 15.0. The topological polar surface area (TPSA) is 118 Å². The molecule has 9 heteroatoms. The van der Waals surface area contributed by atoms with E-state index in [-0.39, 0.29) is 11.5 Å². The third-order valence-corrected chi connectivity index (χ3v) is 5.68. The van der Waals surface area contributed by atoms with E-state index in [1.807, 2.05) is 0 Å². The van der Waals surface area contributed by atoms with Gasteiger partial charge in [0.2, 0.25) is 0 Å². The molecule has 1 atom stereocenters. The van der Waals surface area contributed by atoms with E-state index in [9.17, 15) is 23.9 Å². The van der Waals surface area contributed by atoms with Crippen molar-refractivity contribution in [3.63, 3.8) is 0 Å². The third kappa shape index (κ3) is 4.82. The number of nitrogens with one attached hydrogen (secondary N) is 2. The van der Waals surface area contributed by atoms with Crippen LogP contribution in [-0.2, 0) is 9.53 Å². The fourth-order valence-electron chi connectivity index (χ4n) is 3.84. The number of aliphatic hydroxyl groups is 1. The highest BCUT2D eigenvalue weighted by atomic mass is 19.1. The van der Waals surface area contributed by atoms with Gasteiger partial charge >= 0.3 is 5.97 Å². The van der Waals surface area contributed by atoms with Gasteiger partial charge in [0.15, 0.2) is 6.04 Å². The number of fused-ring (bicyclic) bond motifs is 1. The number of methoxy groups -OCH3 is 1. The molecular weight excluding hydrogens is 467 g/mol. The lowest BCUT2D eigenvalue weighted by molar-refractivity contribution is -0.143. The van der Waals surface area contributed by atoms with Crippen LogP contribution < -0.4 is 10.6 Å². The number of aliphatic hydroxyl groups excluding tert-OH is 1.